The summed E-state index contributed by atoms with van der Waals surface area (Å²) in [5.74, 6) is -0.1000. The smallest absolute Gasteiger partial charge is 0.237 e. The molecule has 1 aliphatic carbocycles. The molecule has 0 bridgehead atoms. The largest absolute Gasteiger partial charge is 0.464 e. The Labute approximate surface area is 128 Å². The van der Waals surface area contributed by atoms with E-state index in [-0.39, 0.29) is 11.8 Å². The molecule has 0 aliphatic heterocycles. The molecule has 21 heavy (non-hydrogen) atoms. The number of furan rings is 1. The number of ether oxygens (including phenoxy) is 1. The van der Waals surface area contributed by atoms with Crippen LogP contribution >= 0.6 is 11.6 Å². The van der Waals surface area contributed by atoms with Crippen molar-refractivity contribution in [1.82, 2.24) is 4.90 Å². The molecule has 1 aromatic carbocycles. The lowest BCUT2D eigenvalue weighted by molar-refractivity contribution is -0.130. The molecule has 1 fully saturated rings. The van der Waals surface area contributed by atoms with Gasteiger partial charge in [0.1, 0.15) is 11.5 Å². The van der Waals surface area contributed by atoms with Gasteiger partial charge in [-0.15, -0.1) is 11.6 Å². The monoisotopic (exact) mass is 307 g/mol. The molecule has 0 spiro atoms. The number of amides is 1. The van der Waals surface area contributed by atoms with Gasteiger partial charge in [0.05, 0.1) is 19.0 Å². The highest BCUT2D eigenvalue weighted by atomic mass is 35.5. The highest BCUT2D eigenvalue weighted by molar-refractivity contribution is 6.27. The van der Waals surface area contributed by atoms with E-state index in [1.807, 2.05) is 24.3 Å². The van der Waals surface area contributed by atoms with E-state index in [2.05, 4.69) is 0 Å². The first-order chi connectivity index (χ1) is 10.3. The average Bonchev–Trinajstić information content (AvgIpc) is 3.19. The standard InChI is InChI=1S/C16H18ClNO3/c17-10-15(19)18(7-9-20-14-4-5-14)11-13-3-1-2-12-6-8-21-16(12)13/h1-3,6,8,14H,4-5,7,9-11H2. The van der Waals surface area contributed by atoms with E-state index in [0.29, 0.717) is 25.8 Å². The summed E-state index contributed by atoms with van der Waals surface area (Å²) in [4.78, 5) is 13.7. The first kappa shape index (κ1) is 14.4. The van der Waals surface area contributed by atoms with Gasteiger partial charge in [-0.25, -0.2) is 0 Å². The maximum Gasteiger partial charge on any atom is 0.237 e. The molecule has 1 aromatic heterocycles. The van der Waals surface area contributed by atoms with Gasteiger partial charge in [0.25, 0.3) is 0 Å². The van der Waals surface area contributed by atoms with Crippen molar-refractivity contribution in [3.8, 4) is 0 Å². The number of alkyl halides is 1. The third-order valence-corrected chi connectivity index (χ3v) is 3.86. The highest BCUT2D eigenvalue weighted by Crippen LogP contribution is 2.24. The Bertz CT molecular complexity index is 621. The minimum atomic E-state index is -0.0837. The van der Waals surface area contributed by atoms with Crippen LogP contribution < -0.4 is 0 Å². The van der Waals surface area contributed by atoms with Gasteiger partial charge >= 0.3 is 0 Å². The lowest BCUT2D eigenvalue weighted by Crippen LogP contribution is -2.34. The summed E-state index contributed by atoms with van der Waals surface area (Å²) in [6.45, 7) is 1.60. The molecule has 1 saturated carbocycles. The number of hydrogen-bond acceptors (Lipinski definition) is 3. The second-order valence-electron chi connectivity index (χ2n) is 5.28. The second-order valence-corrected chi connectivity index (χ2v) is 5.54. The van der Waals surface area contributed by atoms with Gasteiger partial charge in [-0.05, 0) is 18.9 Å². The predicted octanol–water partition coefficient (Wildman–Crippen LogP) is 3.18. The third kappa shape index (κ3) is 3.57. The lowest BCUT2D eigenvalue weighted by Gasteiger charge is -2.22. The minimum absolute atomic E-state index is 0.0163. The first-order valence-corrected chi connectivity index (χ1v) is 7.72. The van der Waals surface area contributed by atoms with Crippen LogP contribution in [0.1, 0.15) is 18.4 Å². The normalized spacial score (nSPS) is 14.5. The van der Waals surface area contributed by atoms with Gasteiger partial charge in [-0.1, -0.05) is 18.2 Å². The van der Waals surface area contributed by atoms with Crippen molar-refractivity contribution < 1.29 is 13.9 Å². The average molecular weight is 308 g/mol. The fraction of sp³-hybridized carbons (Fsp3) is 0.438. The Hall–Kier alpha value is -1.52. The van der Waals surface area contributed by atoms with E-state index in [9.17, 15) is 4.79 Å². The number of para-hydroxylation sites is 1. The van der Waals surface area contributed by atoms with Crippen molar-refractivity contribution in [3.63, 3.8) is 0 Å². The Morgan fingerprint density at radius 3 is 3.00 bits per heavy atom. The van der Waals surface area contributed by atoms with Crippen molar-refractivity contribution >= 4 is 28.5 Å². The van der Waals surface area contributed by atoms with E-state index in [1.54, 1.807) is 11.2 Å². The Morgan fingerprint density at radius 1 is 1.38 bits per heavy atom. The van der Waals surface area contributed by atoms with E-state index in [4.69, 9.17) is 20.8 Å². The van der Waals surface area contributed by atoms with Crippen LogP contribution in [-0.2, 0) is 16.1 Å². The van der Waals surface area contributed by atoms with Crippen LogP contribution in [0.5, 0.6) is 0 Å². The summed E-state index contributed by atoms with van der Waals surface area (Å²) in [6.07, 6.45) is 4.33. The van der Waals surface area contributed by atoms with Crippen LogP contribution in [0.4, 0.5) is 0 Å². The van der Waals surface area contributed by atoms with E-state index < -0.39 is 0 Å². The molecule has 0 saturated heterocycles. The number of fused-ring (bicyclic) bond motifs is 1. The molecule has 0 atom stereocenters. The molecule has 2 aromatic rings. The first-order valence-electron chi connectivity index (χ1n) is 7.18. The molecule has 0 N–H and O–H groups in total. The van der Waals surface area contributed by atoms with Crippen LogP contribution in [0.15, 0.2) is 34.9 Å². The van der Waals surface area contributed by atoms with E-state index >= 15 is 0 Å². The topological polar surface area (TPSA) is 42.7 Å². The summed E-state index contributed by atoms with van der Waals surface area (Å²) < 4.78 is 11.1. The zero-order valence-corrected chi connectivity index (χ0v) is 12.5. The maximum absolute atomic E-state index is 12.0. The fourth-order valence-electron chi connectivity index (χ4n) is 2.33. The molecular weight excluding hydrogens is 290 g/mol. The van der Waals surface area contributed by atoms with Gasteiger partial charge < -0.3 is 14.1 Å². The molecule has 1 aliphatic rings. The van der Waals surface area contributed by atoms with Gasteiger partial charge in [0.15, 0.2) is 0 Å². The molecule has 1 heterocycles. The Morgan fingerprint density at radius 2 is 2.24 bits per heavy atom. The Balaban J connectivity index is 1.70. The van der Waals surface area contributed by atoms with Gasteiger partial charge in [-0.3, -0.25) is 4.79 Å². The van der Waals surface area contributed by atoms with Gasteiger partial charge in [0.2, 0.25) is 5.91 Å². The van der Waals surface area contributed by atoms with Gasteiger partial charge in [-0.2, -0.15) is 0 Å². The summed E-state index contributed by atoms with van der Waals surface area (Å²) >= 11 is 5.71. The van der Waals surface area contributed by atoms with Crippen LogP contribution in [0.25, 0.3) is 11.0 Å². The quantitative estimate of drug-likeness (QED) is 0.738. The lowest BCUT2D eigenvalue weighted by atomic mass is 10.1. The van der Waals surface area contributed by atoms with Crippen molar-refractivity contribution in [2.75, 3.05) is 19.0 Å². The van der Waals surface area contributed by atoms with E-state index in [0.717, 1.165) is 29.4 Å². The van der Waals surface area contributed by atoms with E-state index in [1.165, 1.54) is 0 Å². The summed E-state index contributed by atoms with van der Waals surface area (Å²) in [5, 5.41) is 1.04. The number of benzene rings is 1. The molecule has 1 amide bonds. The summed E-state index contributed by atoms with van der Waals surface area (Å²) in [7, 11) is 0. The van der Waals surface area contributed by atoms with Crippen LogP contribution in [-0.4, -0.2) is 35.9 Å². The zero-order valence-electron chi connectivity index (χ0n) is 11.8. The molecular formula is C16H18ClNO3. The van der Waals surface area contributed by atoms with Crippen molar-refractivity contribution in [2.24, 2.45) is 0 Å². The molecule has 112 valence electrons. The van der Waals surface area contributed by atoms with Crippen molar-refractivity contribution in [2.45, 2.75) is 25.5 Å². The third-order valence-electron chi connectivity index (χ3n) is 3.63. The second kappa shape index (κ2) is 6.50. The molecule has 4 nitrogen and oxygen atoms in total. The SMILES string of the molecule is O=C(CCl)N(CCOC1CC1)Cc1cccc2ccoc12. The number of halogens is 1. The summed E-state index contributed by atoms with van der Waals surface area (Å²) in [5.41, 5.74) is 1.82. The van der Waals surface area contributed by atoms with Crippen molar-refractivity contribution in [1.29, 1.82) is 0 Å². The molecule has 5 heteroatoms. The number of carbonyl (C=O) groups excluding carboxylic acids is 1. The van der Waals surface area contributed by atoms with Crippen LogP contribution in [0.3, 0.4) is 0 Å². The van der Waals surface area contributed by atoms with Gasteiger partial charge in [0, 0.05) is 24.0 Å². The predicted molar refractivity (Wildman–Crippen MR) is 81.3 cm³/mol. The number of rotatable bonds is 7. The molecule has 0 radical (unpaired) electrons. The van der Waals surface area contributed by atoms with Crippen LogP contribution in [0.2, 0.25) is 0 Å². The maximum atomic E-state index is 12.0. The number of nitrogens with zero attached hydrogens (tertiary/aromatic N) is 1. The minimum Gasteiger partial charge on any atom is -0.464 e. The van der Waals surface area contributed by atoms with Crippen molar-refractivity contribution in [3.05, 3.63) is 36.1 Å². The van der Waals surface area contributed by atoms with Crippen LogP contribution in [0, 0.1) is 0 Å². The fourth-order valence-corrected chi connectivity index (χ4v) is 2.49. The number of hydrogen-bond donors (Lipinski definition) is 0. The Kier molecular flexibility index (Phi) is 4.46. The molecule has 3 rings (SSSR count). The summed E-state index contributed by atoms with van der Waals surface area (Å²) in [6, 6.07) is 7.86. The highest BCUT2D eigenvalue weighted by Gasteiger charge is 2.23. The molecule has 0 unspecified atom stereocenters. The number of carbonyl (C=O) groups is 1. The zero-order chi connectivity index (χ0) is 14.7.